The number of halogens is 1. The van der Waals surface area contributed by atoms with Crippen LogP contribution in [0.25, 0.3) is 0 Å². The summed E-state index contributed by atoms with van der Waals surface area (Å²) in [6.45, 7) is 3.77. The fourth-order valence-electron chi connectivity index (χ4n) is 0.849. The third kappa shape index (κ3) is 1.64. The Kier molecular flexibility index (Phi) is 2.47. The van der Waals surface area contributed by atoms with Crippen LogP contribution in [0.15, 0.2) is 10.7 Å². The number of hydrogen-bond acceptors (Lipinski definition) is 2. The number of carbonyl (C=O) groups is 1. The minimum absolute atomic E-state index is 0.429. The average Bonchev–Trinajstić information content (AvgIpc) is 1.96. The molecule has 3 nitrogen and oxygen atoms in total. The molecule has 1 aromatic rings. The quantitative estimate of drug-likeness (QED) is 0.743. The standard InChI is InChI=1S/C8H9BrN2O/c1-4-3-6(8(10)12)7(9)11-5(4)2/h3H,1-2H3,(H2,10,12). The number of aryl methyl sites for hydroxylation is 2. The molecule has 0 saturated carbocycles. The fourth-order valence-corrected chi connectivity index (χ4v) is 1.42. The van der Waals surface area contributed by atoms with Crippen molar-refractivity contribution in [2.75, 3.05) is 0 Å². The van der Waals surface area contributed by atoms with Crippen LogP contribution in [0.1, 0.15) is 21.6 Å². The van der Waals surface area contributed by atoms with Gasteiger partial charge in [0.15, 0.2) is 0 Å². The first-order valence-electron chi connectivity index (χ1n) is 3.46. The van der Waals surface area contributed by atoms with Gasteiger partial charge < -0.3 is 5.73 Å². The van der Waals surface area contributed by atoms with Crippen LogP contribution < -0.4 is 5.73 Å². The molecule has 0 aromatic carbocycles. The summed E-state index contributed by atoms with van der Waals surface area (Å²) in [6, 6.07) is 1.73. The van der Waals surface area contributed by atoms with Crippen LogP contribution in [-0.2, 0) is 0 Å². The van der Waals surface area contributed by atoms with Gasteiger partial charge in [0.1, 0.15) is 4.60 Å². The Balaban J connectivity index is 3.33. The lowest BCUT2D eigenvalue weighted by molar-refractivity contribution is 0.0999. The van der Waals surface area contributed by atoms with Gasteiger partial charge in [-0.1, -0.05) is 0 Å². The monoisotopic (exact) mass is 228 g/mol. The molecule has 1 amide bonds. The Labute approximate surface area is 79.1 Å². The van der Waals surface area contributed by atoms with E-state index in [2.05, 4.69) is 20.9 Å². The molecule has 0 aliphatic heterocycles. The van der Waals surface area contributed by atoms with E-state index in [0.29, 0.717) is 10.2 Å². The number of pyridine rings is 1. The number of primary amides is 1. The number of rotatable bonds is 1. The van der Waals surface area contributed by atoms with Crippen molar-refractivity contribution in [3.63, 3.8) is 0 Å². The Bertz CT molecular complexity index is 336. The topological polar surface area (TPSA) is 56.0 Å². The van der Waals surface area contributed by atoms with E-state index in [0.717, 1.165) is 11.3 Å². The second-order valence-electron chi connectivity index (χ2n) is 2.59. The predicted octanol–water partition coefficient (Wildman–Crippen LogP) is 1.56. The van der Waals surface area contributed by atoms with E-state index in [1.807, 2.05) is 13.8 Å². The average molecular weight is 229 g/mol. The largest absolute Gasteiger partial charge is 0.366 e. The minimum Gasteiger partial charge on any atom is -0.366 e. The van der Waals surface area contributed by atoms with Crippen molar-refractivity contribution in [2.24, 2.45) is 5.73 Å². The molecule has 1 rings (SSSR count). The van der Waals surface area contributed by atoms with Crippen molar-refractivity contribution in [1.29, 1.82) is 0 Å². The Morgan fingerprint density at radius 1 is 1.58 bits per heavy atom. The van der Waals surface area contributed by atoms with Gasteiger partial charge in [0.05, 0.1) is 5.56 Å². The molecule has 1 heterocycles. The van der Waals surface area contributed by atoms with Gasteiger partial charge in [0.2, 0.25) is 0 Å². The molecule has 0 aliphatic carbocycles. The third-order valence-electron chi connectivity index (χ3n) is 1.69. The first kappa shape index (κ1) is 9.19. The molecule has 0 radical (unpaired) electrons. The molecule has 0 aliphatic rings. The van der Waals surface area contributed by atoms with E-state index < -0.39 is 5.91 Å². The lowest BCUT2D eigenvalue weighted by atomic mass is 10.1. The van der Waals surface area contributed by atoms with Crippen LogP contribution in [0.3, 0.4) is 0 Å². The van der Waals surface area contributed by atoms with Gasteiger partial charge >= 0.3 is 0 Å². The van der Waals surface area contributed by atoms with Crippen LogP contribution in [0, 0.1) is 13.8 Å². The zero-order valence-electron chi connectivity index (χ0n) is 6.89. The summed E-state index contributed by atoms with van der Waals surface area (Å²) in [6.07, 6.45) is 0. The number of nitrogens with two attached hydrogens (primary N) is 1. The summed E-state index contributed by atoms with van der Waals surface area (Å²) in [5.74, 6) is -0.461. The molecule has 0 bridgehead atoms. The van der Waals surface area contributed by atoms with Crippen LogP contribution >= 0.6 is 15.9 Å². The van der Waals surface area contributed by atoms with E-state index in [4.69, 9.17) is 5.73 Å². The van der Waals surface area contributed by atoms with Crippen molar-refractivity contribution < 1.29 is 4.79 Å². The molecule has 0 saturated heterocycles. The van der Waals surface area contributed by atoms with Crippen LogP contribution in [-0.4, -0.2) is 10.9 Å². The number of amides is 1. The summed E-state index contributed by atoms with van der Waals surface area (Å²) in [5, 5.41) is 0. The normalized spacial score (nSPS) is 9.92. The molecule has 0 atom stereocenters. The minimum atomic E-state index is -0.461. The highest BCUT2D eigenvalue weighted by molar-refractivity contribution is 9.10. The summed E-state index contributed by atoms with van der Waals surface area (Å²) in [4.78, 5) is 14.9. The van der Waals surface area contributed by atoms with Gasteiger partial charge in [-0.2, -0.15) is 0 Å². The molecule has 0 spiro atoms. The molecule has 1 aromatic heterocycles. The van der Waals surface area contributed by atoms with Gasteiger partial charge in [0, 0.05) is 5.69 Å². The summed E-state index contributed by atoms with van der Waals surface area (Å²) in [5.41, 5.74) is 7.41. The Morgan fingerprint density at radius 2 is 2.17 bits per heavy atom. The highest BCUT2D eigenvalue weighted by Gasteiger charge is 2.08. The molecule has 0 unspecified atom stereocenters. The summed E-state index contributed by atoms with van der Waals surface area (Å²) < 4.78 is 0.512. The number of aromatic nitrogens is 1. The van der Waals surface area contributed by atoms with E-state index >= 15 is 0 Å². The SMILES string of the molecule is Cc1cc(C(N)=O)c(Br)nc1C. The second-order valence-corrected chi connectivity index (χ2v) is 3.34. The van der Waals surface area contributed by atoms with Gasteiger partial charge in [-0.05, 0) is 41.4 Å². The van der Waals surface area contributed by atoms with Crippen molar-refractivity contribution in [3.8, 4) is 0 Å². The highest BCUT2D eigenvalue weighted by Crippen LogP contribution is 2.16. The van der Waals surface area contributed by atoms with Crippen molar-refractivity contribution in [1.82, 2.24) is 4.98 Å². The summed E-state index contributed by atoms with van der Waals surface area (Å²) in [7, 11) is 0. The Hall–Kier alpha value is -0.900. The van der Waals surface area contributed by atoms with Gasteiger partial charge in [-0.3, -0.25) is 4.79 Å². The number of hydrogen-bond donors (Lipinski definition) is 1. The van der Waals surface area contributed by atoms with Gasteiger partial charge in [0.25, 0.3) is 5.91 Å². The summed E-state index contributed by atoms with van der Waals surface area (Å²) >= 11 is 3.17. The molecular weight excluding hydrogens is 220 g/mol. The maximum absolute atomic E-state index is 10.8. The maximum atomic E-state index is 10.8. The number of carbonyl (C=O) groups excluding carboxylic acids is 1. The predicted molar refractivity (Wildman–Crippen MR) is 49.9 cm³/mol. The zero-order valence-corrected chi connectivity index (χ0v) is 8.47. The first-order valence-corrected chi connectivity index (χ1v) is 4.25. The Morgan fingerprint density at radius 3 is 2.67 bits per heavy atom. The molecule has 64 valence electrons. The van der Waals surface area contributed by atoms with Crippen LogP contribution in [0.2, 0.25) is 0 Å². The lowest BCUT2D eigenvalue weighted by Crippen LogP contribution is -2.13. The van der Waals surface area contributed by atoms with Crippen LogP contribution in [0.4, 0.5) is 0 Å². The lowest BCUT2D eigenvalue weighted by Gasteiger charge is -2.03. The first-order chi connectivity index (χ1) is 5.52. The van der Waals surface area contributed by atoms with Crippen molar-refractivity contribution in [2.45, 2.75) is 13.8 Å². The zero-order chi connectivity index (χ0) is 9.30. The second kappa shape index (κ2) is 3.23. The molecule has 4 heteroatoms. The van der Waals surface area contributed by atoms with E-state index in [9.17, 15) is 4.79 Å². The molecular formula is C8H9BrN2O. The van der Waals surface area contributed by atoms with E-state index in [1.165, 1.54) is 0 Å². The van der Waals surface area contributed by atoms with Gasteiger partial charge in [-0.15, -0.1) is 0 Å². The van der Waals surface area contributed by atoms with Gasteiger partial charge in [-0.25, -0.2) is 4.98 Å². The number of nitrogens with zero attached hydrogens (tertiary/aromatic N) is 1. The molecule has 0 fully saturated rings. The third-order valence-corrected chi connectivity index (χ3v) is 2.29. The van der Waals surface area contributed by atoms with E-state index in [1.54, 1.807) is 6.07 Å². The smallest absolute Gasteiger partial charge is 0.251 e. The van der Waals surface area contributed by atoms with E-state index in [-0.39, 0.29) is 0 Å². The fraction of sp³-hybridized carbons (Fsp3) is 0.250. The molecule has 2 N–H and O–H groups in total. The maximum Gasteiger partial charge on any atom is 0.251 e. The molecule has 12 heavy (non-hydrogen) atoms. The van der Waals surface area contributed by atoms with Crippen molar-refractivity contribution >= 4 is 21.8 Å². The highest BCUT2D eigenvalue weighted by atomic mass is 79.9. The van der Waals surface area contributed by atoms with Crippen molar-refractivity contribution in [3.05, 3.63) is 27.5 Å². The van der Waals surface area contributed by atoms with Crippen LogP contribution in [0.5, 0.6) is 0 Å².